The Balaban J connectivity index is 1.25. The molecule has 0 radical (unpaired) electrons. The van der Waals surface area contributed by atoms with Crippen LogP contribution in [0.15, 0.2) is 24.3 Å². The Morgan fingerprint density at radius 1 is 1.09 bits per heavy atom. The molecule has 2 bridgehead atoms. The molecule has 2 aromatic carbocycles. The number of pyridine rings is 1. The van der Waals surface area contributed by atoms with Gasteiger partial charge in [0.05, 0.1) is 33.4 Å². The summed E-state index contributed by atoms with van der Waals surface area (Å²) in [5.74, 6) is 3.16. The van der Waals surface area contributed by atoms with E-state index in [0.717, 1.165) is 86.1 Å². The number of hydrogen-bond acceptors (Lipinski definition) is 8. The predicted molar refractivity (Wildman–Crippen MR) is 177 cm³/mol. The molecule has 6 heterocycles. The van der Waals surface area contributed by atoms with Crippen molar-refractivity contribution in [3.05, 3.63) is 46.9 Å². The molecule has 5 fully saturated rings. The van der Waals surface area contributed by atoms with Crippen LogP contribution < -0.4 is 15.0 Å². The molecule has 1 saturated carbocycles. The summed E-state index contributed by atoms with van der Waals surface area (Å²) in [6.07, 6.45) is 11.7. The minimum Gasteiger partial charge on any atom is -0.508 e. The molecule has 2 N–H and O–H groups in total. The van der Waals surface area contributed by atoms with E-state index in [9.17, 15) is 9.50 Å². The van der Waals surface area contributed by atoms with Crippen molar-refractivity contribution in [2.75, 3.05) is 37.7 Å². The Bertz CT molecular complexity index is 1980. The number of aromatic hydroxyl groups is 1. The fourth-order valence-electron chi connectivity index (χ4n) is 8.89. The number of ether oxygens (including phenoxy) is 1. The van der Waals surface area contributed by atoms with Gasteiger partial charge in [-0.3, -0.25) is 9.88 Å². The second-order valence-electron chi connectivity index (χ2n) is 14.4. The third-order valence-electron chi connectivity index (χ3n) is 11.2. The van der Waals surface area contributed by atoms with E-state index >= 15 is 4.39 Å². The van der Waals surface area contributed by atoms with E-state index in [1.54, 1.807) is 18.2 Å². The van der Waals surface area contributed by atoms with Crippen molar-refractivity contribution in [2.24, 2.45) is 0 Å². The first-order valence-corrected chi connectivity index (χ1v) is 17.0. The number of hydrogen-bond donors (Lipinski definition) is 2. The summed E-state index contributed by atoms with van der Waals surface area (Å²) in [6.45, 7) is 5.30. The number of aryl methyl sites for hydroxylation is 1. The predicted octanol–water partition coefficient (Wildman–Crippen LogP) is 5.75. The third-order valence-corrected chi connectivity index (χ3v) is 11.2. The molecule has 2 aromatic heterocycles. The highest BCUT2D eigenvalue weighted by molar-refractivity contribution is 6.04. The van der Waals surface area contributed by atoms with Crippen molar-refractivity contribution in [3.8, 4) is 35.4 Å². The summed E-state index contributed by atoms with van der Waals surface area (Å²) >= 11 is 0. The number of nitrogens with zero attached hydrogens (tertiary/aromatic N) is 5. The van der Waals surface area contributed by atoms with Gasteiger partial charge in [-0.25, -0.2) is 8.78 Å². The van der Waals surface area contributed by atoms with Gasteiger partial charge in [-0.1, -0.05) is 12.0 Å². The zero-order chi connectivity index (χ0) is 32.0. The van der Waals surface area contributed by atoms with Gasteiger partial charge < -0.3 is 20.1 Å². The Kier molecular flexibility index (Phi) is 6.64. The number of terminal acetylenes is 1. The summed E-state index contributed by atoms with van der Waals surface area (Å²) in [6, 6.07) is 7.24. The topological polar surface area (TPSA) is 86.6 Å². The fraction of sp³-hybridized carbons (Fsp3) is 0.486. The van der Waals surface area contributed by atoms with Gasteiger partial charge in [0, 0.05) is 60.6 Å². The minimum absolute atomic E-state index is 0.0446. The number of phenols is 1. The maximum absolute atomic E-state index is 15.1. The van der Waals surface area contributed by atoms with E-state index in [-0.39, 0.29) is 28.8 Å². The lowest BCUT2D eigenvalue weighted by atomic mass is 9.93. The molecule has 0 amide bonds. The van der Waals surface area contributed by atoms with Crippen molar-refractivity contribution in [3.63, 3.8) is 0 Å². The van der Waals surface area contributed by atoms with Crippen molar-refractivity contribution in [2.45, 2.75) is 81.6 Å². The lowest BCUT2D eigenvalue weighted by Gasteiger charge is -2.35. The van der Waals surface area contributed by atoms with E-state index in [1.807, 2.05) is 6.92 Å². The molecule has 10 heteroatoms. The average Bonchev–Trinajstić information content (AvgIpc) is 3.65. The Morgan fingerprint density at radius 2 is 1.89 bits per heavy atom. The molecular weight excluding hydrogens is 598 g/mol. The Hall–Kier alpha value is -4.07. The zero-order valence-corrected chi connectivity index (χ0v) is 26.5. The number of aromatic nitrogens is 3. The van der Waals surface area contributed by atoms with E-state index in [4.69, 9.17) is 26.1 Å². The first-order chi connectivity index (χ1) is 22.8. The van der Waals surface area contributed by atoms with Crippen LogP contribution in [0.2, 0.25) is 0 Å². The number of piperazine rings is 1. The molecule has 242 valence electrons. The monoisotopic (exact) mass is 636 g/mol. The van der Waals surface area contributed by atoms with Crippen molar-refractivity contribution >= 4 is 27.5 Å². The SMILES string of the molecule is C#Cc1c(F)ccc2cc(O)cc(-c3nc(C4CC4)c4c(N5CC6CCC(C5)N6)nc(OC[C@@]56CCCN5C[C@H](F)C6)nc4c3C)c12. The number of anilines is 1. The molecule has 4 aliphatic heterocycles. The normalized spacial score (nSPS) is 27.1. The van der Waals surface area contributed by atoms with Gasteiger partial charge >= 0.3 is 6.01 Å². The highest BCUT2D eigenvalue weighted by Gasteiger charge is 2.49. The summed E-state index contributed by atoms with van der Waals surface area (Å²) < 4.78 is 36.2. The first-order valence-electron chi connectivity index (χ1n) is 17.0. The van der Waals surface area contributed by atoms with Crippen molar-refractivity contribution in [1.82, 2.24) is 25.2 Å². The maximum atomic E-state index is 15.1. The molecule has 8 nitrogen and oxygen atoms in total. The number of fused-ring (bicyclic) bond motifs is 5. The standard InChI is InChI=1S/C37H38F2N6O2/c1-3-27-29(39)10-7-22-13-26(46)14-28(30(22)27)32-20(2)33-31(34(41-32)21-5-6-21)35(44-17-24-8-9-25(18-44)40-24)43-36(42-33)47-19-37-11-4-12-45(37)16-23(38)15-37/h1,7,10,13-14,21,23-25,40,46H,4-6,8-9,11-12,15-19H2,2H3/t23-,24?,25?,37+/m1/s1. The van der Waals surface area contributed by atoms with Crippen LogP contribution in [0.25, 0.3) is 32.9 Å². The molecule has 9 rings (SSSR count). The van der Waals surface area contributed by atoms with E-state index in [2.05, 4.69) is 21.0 Å². The highest BCUT2D eigenvalue weighted by Crippen LogP contribution is 2.48. The quantitative estimate of drug-likeness (QED) is 0.259. The third kappa shape index (κ3) is 4.73. The Morgan fingerprint density at radius 3 is 2.66 bits per heavy atom. The van der Waals surface area contributed by atoms with Crippen LogP contribution in [0.3, 0.4) is 0 Å². The van der Waals surface area contributed by atoms with Gasteiger partial charge in [-0.2, -0.15) is 9.97 Å². The summed E-state index contributed by atoms with van der Waals surface area (Å²) in [4.78, 5) is 20.1. The van der Waals surface area contributed by atoms with Gasteiger partial charge in [0.1, 0.15) is 30.2 Å². The number of halogens is 2. The smallest absolute Gasteiger partial charge is 0.319 e. The highest BCUT2D eigenvalue weighted by atomic mass is 19.1. The number of phenolic OH excluding ortho intramolecular Hbond substituents is 1. The maximum Gasteiger partial charge on any atom is 0.319 e. The van der Waals surface area contributed by atoms with Crippen LogP contribution in [0.4, 0.5) is 14.6 Å². The van der Waals surface area contributed by atoms with E-state index in [0.29, 0.717) is 53.7 Å². The average molecular weight is 637 g/mol. The summed E-state index contributed by atoms with van der Waals surface area (Å²) in [5.41, 5.74) is 3.40. The number of benzene rings is 2. The van der Waals surface area contributed by atoms with Crippen LogP contribution >= 0.6 is 0 Å². The Labute approximate surface area is 272 Å². The molecule has 4 aromatic rings. The summed E-state index contributed by atoms with van der Waals surface area (Å²) in [5, 5.41) is 16.6. The van der Waals surface area contributed by atoms with Gasteiger partial charge in [0.2, 0.25) is 0 Å². The molecule has 47 heavy (non-hydrogen) atoms. The molecule has 4 atom stereocenters. The van der Waals surface area contributed by atoms with Crippen LogP contribution in [0.1, 0.15) is 67.7 Å². The number of alkyl halides is 1. The molecule has 0 spiro atoms. The van der Waals surface area contributed by atoms with Gasteiger partial charge in [0.25, 0.3) is 0 Å². The second kappa shape index (κ2) is 10.7. The minimum atomic E-state index is -0.852. The summed E-state index contributed by atoms with van der Waals surface area (Å²) in [7, 11) is 0. The molecule has 2 unspecified atom stereocenters. The molecule has 5 aliphatic rings. The van der Waals surface area contributed by atoms with Crippen molar-refractivity contribution < 1.29 is 18.6 Å². The molecule has 1 aliphatic carbocycles. The van der Waals surface area contributed by atoms with Crippen LogP contribution in [-0.2, 0) is 0 Å². The fourth-order valence-corrected chi connectivity index (χ4v) is 8.89. The van der Waals surface area contributed by atoms with Gasteiger partial charge in [-0.15, -0.1) is 6.42 Å². The van der Waals surface area contributed by atoms with Gasteiger partial charge in [0.15, 0.2) is 0 Å². The first kappa shape index (κ1) is 29.1. The second-order valence-corrected chi connectivity index (χ2v) is 14.4. The van der Waals surface area contributed by atoms with Crippen molar-refractivity contribution in [1.29, 1.82) is 0 Å². The zero-order valence-electron chi connectivity index (χ0n) is 26.5. The van der Waals surface area contributed by atoms with E-state index in [1.165, 1.54) is 6.07 Å². The molecular formula is C37H38F2N6O2. The number of rotatable bonds is 6. The van der Waals surface area contributed by atoms with Gasteiger partial charge in [-0.05, 0) is 75.6 Å². The lowest BCUT2D eigenvalue weighted by molar-refractivity contribution is 0.107. The van der Waals surface area contributed by atoms with Crippen LogP contribution in [-0.4, -0.2) is 81.5 Å². The largest absolute Gasteiger partial charge is 0.508 e. The van der Waals surface area contributed by atoms with Crippen LogP contribution in [0.5, 0.6) is 11.8 Å². The number of nitrogens with one attached hydrogen (secondary N) is 1. The molecule has 4 saturated heterocycles. The van der Waals surface area contributed by atoms with Crippen LogP contribution in [0, 0.1) is 25.1 Å². The lowest BCUT2D eigenvalue weighted by Crippen LogP contribution is -2.51. The van der Waals surface area contributed by atoms with E-state index < -0.39 is 12.0 Å².